The van der Waals surface area contributed by atoms with Crippen LogP contribution in [0.3, 0.4) is 0 Å². The maximum Gasteiger partial charge on any atom is 0.123 e. The van der Waals surface area contributed by atoms with E-state index in [2.05, 4.69) is 0 Å². The van der Waals surface area contributed by atoms with Crippen molar-refractivity contribution in [1.82, 2.24) is 0 Å². The van der Waals surface area contributed by atoms with Gasteiger partial charge in [0.2, 0.25) is 0 Å². The molecule has 0 aliphatic heterocycles. The lowest BCUT2D eigenvalue weighted by molar-refractivity contribution is -0.0960. The molecule has 0 bridgehead atoms. The number of hydrogen-bond acceptors (Lipinski definition) is 2. The number of halogens is 1. The molecule has 1 unspecified atom stereocenters. The summed E-state index contributed by atoms with van der Waals surface area (Å²) in [7, 11) is 0. The van der Waals surface area contributed by atoms with E-state index in [4.69, 9.17) is 0 Å². The van der Waals surface area contributed by atoms with E-state index < -0.39 is 11.7 Å². The average molecular weight is 238 g/mol. The van der Waals surface area contributed by atoms with Gasteiger partial charge in [-0.2, -0.15) is 0 Å². The number of benzene rings is 1. The van der Waals surface area contributed by atoms with Crippen LogP contribution in [0.1, 0.15) is 37.7 Å². The molecule has 0 aromatic heterocycles. The Bertz CT molecular complexity index is 355. The van der Waals surface area contributed by atoms with Crippen LogP contribution in [0.2, 0.25) is 0 Å². The Labute approximate surface area is 101 Å². The molecule has 1 aliphatic rings. The molecule has 3 heteroatoms. The van der Waals surface area contributed by atoms with Crippen molar-refractivity contribution in [1.29, 1.82) is 0 Å². The number of aliphatic hydroxyl groups excluding tert-OH is 1. The number of aliphatic hydroxyl groups is 2. The first-order valence-electron chi connectivity index (χ1n) is 6.25. The Balaban J connectivity index is 2.00. The third-order valence-corrected chi connectivity index (χ3v) is 3.68. The summed E-state index contributed by atoms with van der Waals surface area (Å²) in [5, 5.41) is 20.4. The van der Waals surface area contributed by atoms with Crippen LogP contribution in [0.4, 0.5) is 4.39 Å². The van der Waals surface area contributed by atoms with E-state index in [0.717, 1.165) is 24.8 Å². The molecule has 1 aromatic carbocycles. The molecular formula is C14H19FO2. The molecule has 0 spiro atoms. The standard InChI is InChI=1S/C14H19FO2/c15-12-6-4-11(5-7-12)10-13(16)14(17)8-2-1-3-9-14/h4-7,13,16-17H,1-3,8-10H2. The zero-order valence-corrected chi connectivity index (χ0v) is 9.90. The van der Waals surface area contributed by atoms with E-state index in [1.165, 1.54) is 12.1 Å². The molecule has 0 heterocycles. The second-order valence-corrected chi connectivity index (χ2v) is 5.01. The molecule has 1 aromatic rings. The monoisotopic (exact) mass is 238 g/mol. The summed E-state index contributed by atoms with van der Waals surface area (Å²) >= 11 is 0. The summed E-state index contributed by atoms with van der Waals surface area (Å²) in [6.45, 7) is 0. The first-order valence-corrected chi connectivity index (χ1v) is 6.25. The van der Waals surface area contributed by atoms with Gasteiger partial charge < -0.3 is 10.2 Å². The normalized spacial score (nSPS) is 21.1. The van der Waals surface area contributed by atoms with E-state index in [1.54, 1.807) is 12.1 Å². The van der Waals surface area contributed by atoms with Gasteiger partial charge in [-0.3, -0.25) is 0 Å². The first-order chi connectivity index (χ1) is 8.10. The summed E-state index contributed by atoms with van der Waals surface area (Å²) < 4.78 is 12.7. The van der Waals surface area contributed by atoms with E-state index in [9.17, 15) is 14.6 Å². The zero-order valence-electron chi connectivity index (χ0n) is 9.90. The minimum absolute atomic E-state index is 0.278. The fourth-order valence-corrected chi connectivity index (χ4v) is 2.53. The Morgan fingerprint density at radius 2 is 1.71 bits per heavy atom. The summed E-state index contributed by atoms with van der Waals surface area (Å²) in [4.78, 5) is 0. The van der Waals surface area contributed by atoms with E-state index in [1.807, 2.05) is 0 Å². The van der Waals surface area contributed by atoms with Crippen molar-refractivity contribution >= 4 is 0 Å². The molecule has 1 atom stereocenters. The van der Waals surface area contributed by atoms with Crippen LogP contribution in [0.15, 0.2) is 24.3 Å². The van der Waals surface area contributed by atoms with Gasteiger partial charge in [-0.15, -0.1) is 0 Å². The number of hydrogen-bond donors (Lipinski definition) is 2. The Kier molecular flexibility index (Phi) is 3.79. The van der Waals surface area contributed by atoms with Crippen molar-refractivity contribution in [2.24, 2.45) is 0 Å². The minimum atomic E-state index is -0.952. The molecule has 2 nitrogen and oxygen atoms in total. The van der Waals surface area contributed by atoms with Gasteiger partial charge >= 0.3 is 0 Å². The topological polar surface area (TPSA) is 40.5 Å². The second-order valence-electron chi connectivity index (χ2n) is 5.01. The zero-order chi connectivity index (χ0) is 12.3. The highest BCUT2D eigenvalue weighted by atomic mass is 19.1. The van der Waals surface area contributed by atoms with Crippen molar-refractivity contribution in [3.8, 4) is 0 Å². The summed E-state index contributed by atoms with van der Waals surface area (Å²) in [5.74, 6) is -0.278. The number of rotatable bonds is 3. The average Bonchev–Trinajstić information content (AvgIpc) is 2.33. The van der Waals surface area contributed by atoms with E-state index >= 15 is 0 Å². The lowest BCUT2D eigenvalue weighted by Crippen LogP contribution is -2.45. The molecule has 0 amide bonds. The van der Waals surface area contributed by atoms with Gasteiger partial charge in [-0.05, 0) is 30.5 Å². The SMILES string of the molecule is OC(Cc1ccc(F)cc1)C1(O)CCCCC1. The van der Waals surface area contributed by atoms with Crippen molar-refractivity contribution in [2.45, 2.75) is 50.2 Å². The fourth-order valence-electron chi connectivity index (χ4n) is 2.53. The second kappa shape index (κ2) is 5.15. The van der Waals surface area contributed by atoms with Crippen molar-refractivity contribution in [3.63, 3.8) is 0 Å². The molecule has 2 rings (SSSR count). The van der Waals surface area contributed by atoms with Gasteiger partial charge in [0.05, 0.1) is 11.7 Å². The molecule has 94 valence electrons. The highest BCUT2D eigenvalue weighted by molar-refractivity contribution is 5.17. The lowest BCUT2D eigenvalue weighted by Gasteiger charge is -2.36. The van der Waals surface area contributed by atoms with Gasteiger partial charge in [0.25, 0.3) is 0 Å². The molecule has 17 heavy (non-hydrogen) atoms. The molecule has 0 radical (unpaired) electrons. The Morgan fingerprint density at radius 3 is 2.29 bits per heavy atom. The lowest BCUT2D eigenvalue weighted by atomic mass is 9.79. The smallest absolute Gasteiger partial charge is 0.123 e. The quantitative estimate of drug-likeness (QED) is 0.849. The third-order valence-electron chi connectivity index (χ3n) is 3.68. The maximum absolute atomic E-state index is 12.7. The van der Waals surface area contributed by atoms with Crippen LogP contribution in [-0.4, -0.2) is 21.9 Å². The molecule has 1 aliphatic carbocycles. The highest BCUT2D eigenvalue weighted by Gasteiger charge is 2.36. The van der Waals surface area contributed by atoms with Crippen LogP contribution >= 0.6 is 0 Å². The predicted octanol–water partition coefficient (Wildman–Crippen LogP) is 2.42. The summed E-state index contributed by atoms with van der Waals surface area (Å²) in [5.41, 5.74) is -0.0926. The Morgan fingerprint density at radius 1 is 1.12 bits per heavy atom. The predicted molar refractivity (Wildman–Crippen MR) is 64.1 cm³/mol. The van der Waals surface area contributed by atoms with Gasteiger partial charge in [0, 0.05) is 6.42 Å². The van der Waals surface area contributed by atoms with Crippen LogP contribution in [0, 0.1) is 5.82 Å². The first kappa shape index (κ1) is 12.5. The fraction of sp³-hybridized carbons (Fsp3) is 0.571. The Hall–Kier alpha value is -0.930. The van der Waals surface area contributed by atoms with Crippen molar-refractivity contribution in [2.75, 3.05) is 0 Å². The molecule has 1 saturated carbocycles. The van der Waals surface area contributed by atoms with Gasteiger partial charge in [-0.1, -0.05) is 31.4 Å². The van der Waals surface area contributed by atoms with Crippen LogP contribution in [0.5, 0.6) is 0 Å². The van der Waals surface area contributed by atoms with Crippen LogP contribution in [0.25, 0.3) is 0 Å². The maximum atomic E-state index is 12.7. The molecular weight excluding hydrogens is 219 g/mol. The minimum Gasteiger partial charge on any atom is -0.390 e. The molecule has 0 saturated heterocycles. The van der Waals surface area contributed by atoms with Gasteiger partial charge in [-0.25, -0.2) is 4.39 Å². The van der Waals surface area contributed by atoms with E-state index in [-0.39, 0.29) is 5.82 Å². The van der Waals surface area contributed by atoms with Gasteiger partial charge in [0.1, 0.15) is 5.82 Å². The summed E-state index contributed by atoms with van der Waals surface area (Å²) in [6.07, 6.45) is 4.02. The van der Waals surface area contributed by atoms with Gasteiger partial charge in [0.15, 0.2) is 0 Å². The third kappa shape index (κ3) is 3.05. The van der Waals surface area contributed by atoms with E-state index in [0.29, 0.717) is 19.3 Å². The summed E-state index contributed by atoms with van der Waals surface area (Å²) in [6, 6.07) is 6.08. The van der Waals surface area contributed by atoms with Crippen LogP contribution in [-0.2, 0) is 6.42 Å². The molecule has 2 N–H and O–H groups in total. The van der Waals surface area contributed by atoms with Crippen molar-refractivity contribution in [3.05, 3.63) is 35.6 Å². The van der Waals surface area contributed by atoms with Crippen LogP contribution < -0.4 is 0 Å². The molecule has 1 fully saturated rings. The largest absolute Gasteiger partial charge is 0.390 e. The highest BCUT2D eigenvalue weighted by Crippen LogP contribution is 2.32. The van der Waals surface area contributed by atoms with Crippen molar-refractivity contribution < 1.29 is 14.6 Å².